The highest BCUT2D eigenvalue weighted by Crippen LogP contribution is 2.39. The number of ether oxygens (including phenoxy) is 1. The van der Waals surface area contributed by atoms with E-state index in [0.717, 1.165) is 18.4 Å². The van der Waals surface area contributed by atoms with Crippen molar-refractivity contribution in [3.8, 4) is 0 Å². The summed E-state index contributed by atoms with van der Waals surface area (Å²) in [7, 11) is 0. The molecule has 3 rings (SSSR count). The van der Waals surface area contributed by atoms with Crippen molar-refractivity contribution in [2.75, 3.05) is 0 Å². The third-order valence-corrected chi connectivity index (χ3v) is 9.66. The molecule has 0 bridgehead atoms. The highest BCUT2D eigenvalue weighted by molar-refractivity contribution is 5.89. The van der Waals surface area contributed by atoms with E-state index in [4.69, 9.17) is 4.74 Å². The number of hydrogen-bond donors (Lipinski definition) is 0. The molecule has 0 aliphatic heterocycles. The first-order valence-corrected chi connectivity index (χ1v) is 18.0. The van der Waals surface area contributed by atoms with Crippen molar-refractivity contribution in [3.63, 3.8) is 0 Å². The summed E-state index contributed by atoms with van der Waals surface area (Å²) in [6, 6.07) is 0. The zero-order valence-corrected chi connectivity index (χ0v) is 27.3. The average Bonchev–Trinajstić information content (AvgIpc) is 2.94. The van der Waals surface area contributed by atoms with Gasteiger partial charge in [-0.3, -0.25) is 0 Å². The molecule has 0 amide bonds. The van der Waals surface area contributed by atoms with Gasteiger partial charge in [-0.15, -0.1) is 6.58 Å². The van der Waals surface area contributed by atoms with E-state index in [0.29, 0.717) is 11.8 Å². The first-order chi connectivity index (χ1) is 19.5. The van der Waals surface area contributed by atoms with Crippen molar-refractivity contribution < 1.29 is 9.53 Å². The zero-order valence-electron chi connectivity index (χ0n) is 27.3. The molecule has 0 N–H and O–H groups in total. The quantitative estimate of drug-likeness (QED) is 0.195. The Hall–Kier alpha value is -1.05. The van der Waals surface area contributed by atoms with Crippen LogP contribution in [0.3, 0.4) is 0 Å². The van der Waals surface area contributed by atoms with E-state index in [1.165, 1.54) is 166 Å². The molecule has 0 aromatic rings. The number of rotatable bonds is 4. The van der Waals surface area contributed by atoms with Crippen LogP contribution in [-0.4, -0.2) is 12.1 Å². The second kappa shape index (κ2) is 22.5. The average molecular weight is 557 g/mol. The molecule has 232 valence electrons. The fraction of sp³-hybridized carbons (Fsp3) is 0.868. The molecule has 0 atom stereocenters. The maximum Gasteiger partial charge on any atom is 0.333 e. The standard InChI is InChI=1S/C34H60O2.C4H8/c1-29(34(35)36-32-27-21-15-9-4-10-16-22-28-32)33(30-23-17-11-5-2-6-12-18-24-30)31-25-19-13-7-3-8-14-20-26-31;1-4(2)3/h30-32H,2-28H2,1H3;1H2,2-3H3. The van der Waals surface area contributed by atoms with Gasteiger partial charge in [-0.05, 0) is 84.0 Å². The minimum atomic E-state index is 0.0428. The summed E-state index contributed by atoms with van der Waals surface area (Å²) >= 11 is 0. The predicted molar refractivity (Wildman–Crippen MR) is 175 cm³/mol. The third-order valence-electron chi connectivity index (χ3n) is 9.66. The molecule has 0 radical (unpaired) electrons. The molecule has 0 unspecified atom stereocenters. The highest BCUT2D eigenvalue weighted by atomic mass is 16.5. The molecule has 2 heteroatoms. The molecule has 0 aromatic heterocycles. The fourth-order valence-corrected chi connectivity index (χ4v) is 7.43. The first kappa shape index (κ1) is 35.1. The lowest BCUT2D eigenvalue weighted by atomic mass is 9.74. The molecule has 3 aliphatic rings. The molecule has 0 aromatic carbocycles. The van der Waals surface area contributed by atoms with Gasteiger partial charge in [-0.1, -0.05) is 133 Å². The summed E-state index contributed by atoms with van der Waals surface area (Å²) in [6.45, 7) is 9.66. The molecular formula is C38H68O2. The zero-order chi connectivity index (χ0) is 28.8. The van der Waals surface area contributed by atoms with E-state index in [9.17, 15) is 4.79 Å². The molecule has 0 spiro atoms. The topological polar surface area (TPSA) is 26.3 Å². The molecule has 3 fully saturated rings. The number of hydrogen-bond acceptors (Lipinski definition) is 2. The number of esters is 1. The van der Waals surface area contributed by atoms with Crippen LogP contribution in [-0.2, 0) is 9.53 Å². The van der Waals surface area contributed by atoms with Crippen molar-refractivity contribution in [1.29, 1.82) is 0 Å². The summed E-state index contributed by atoms with van der Waals surface area (Å²) in [5, 5.41) is 0. The highest BCUT2D eigenvalue weighted by Gasteiger charge is 2.28. The van der Waals surface area contributed by atoms with Crippen LogP contribution in [0.2, 0.25) is 0 Å². The number of allylic oxidation sites excluding steroid dienone is 2. The lowest BCUT2D eigenvalue weighted by Crippen LogP contribution is -2.24. The minimum absolute atomic E-state index is 0.0428. The van der Waals surface area contributed by atoms with Crippen LogP contribution >= 0.6 is 0 Å². The molecule has 0 saturated heterocycles. The normalized spacial score (nSPS) is 22.6. The van der Waals surface area contributed by atoms with E-state index < -0.39 is 0 Å². The van der Waals surface area contributed by atoms with Gasteiger partial charge < -0.3 is 4.74 Å². The molecule has 40 heavy (non-hydrogen) atoms. The lowest BCUT2D eigenvalue weighted by molar-refractivity contribution is -0.145. The third kappa shape index (κ3) is 15.8. The van der Waals surface area contributed by atoms with Crippen molar-refractivity contribution in [1.82, 2.24) is 0 Å². The largest absolute Gasteiger partial charge is 0.459 e. The van der Waals surface area contributed by atoms with Gasteiger partial charge in [0.1, 0.15) is 6.10 Å². The Labute approximate surface area is 250 Å². The molecular weight excluding hydrogens is 488 g/mol. The number of carbonyl (C=O) groups excluding carboxylic acids is 1. The van der Waals surface area contributed by atoms with Gasteiger partial charge in [-0.25, -0.2) is 4.79 Å². The van der Waals surface area contributed by atoms with Crippen molar-refractivity contribution in [2.45, 2.75) is 200 Å². The van der Waals surface area contributed by atoms with Gasteiger partial charge in [-0.2, -0.15) is 0 Å². The van der Waals surface area contributed by atoms with Gasteiger partial charge in [0.25, 0.3) is 0 Å². The summed E-state index contributed by atoms with van der Waals surface area (Å²) in [4.78, 5) is 13.8. The summed E-state index contributed by atoms with van der Waals surface area (Å²) in [5.74, 6) is 1.25. The van der Waals surface area contributed by atoms with Crippen LogP contribution in [0.1, 0.15) is 194 Å². The van der Waals surface area contributed by atoms with E-state index in [1.54, 1.807) is 5.57 Å². The van der Waals surface area contributed by atoms with Crippen LogP contribution < -0.4 is 0 Å². The van der Waals surface area contributed by atoms with E-state index in [-0.39, 0.29) is 12.1 Å². The molecule has 0 heterocycles. The molecule has 3 saturated carbocycles. The Morgan fingerprint density at radius 1 is 0.475 bits per heavy atom. The Morgan fingerprint density at radius 2 is 0.725 bits per heavy atom. The maximum atomic E-state index is 13.8. The molecule has 2 nitrogen and oxygen atoms in total. The van der Waals surface area contributed by atoms with Gasteiger partial charge in [0, 0.05) is 5.57 Å². The van der Waals surface area contributed by atoms with Gasteiger partial charge >= 0.3 is 5.97 Å². The van der Waals surface area contributed by atoms with Crippen molar-refractivity contribution in [3.05, 3.63) is 23.3 Å². The van der Waals surface area contributed by atoms with Gasteiger partial charge in [0.2, 0.25) is 0 Å². The second-order valence-electron chi connectivity index (χ2n) is 13.9. The summed E-state index contributed by atoms with van der Waals surface area (Å²) in [6.07, 6.45) is 35.9. The first-order valence-electron chi connectivity index (χ1n) is 18.0. The van der Waals surface area contributed by atoms with Crippen LogP contribution in [0.15, 0.2) is 23.3 Å². The SMILES string of the molecule is C=C(C)C.CC(C(=O)OC1CCCCCCCCC1)=C(C1CCCCCCCCC1)C1CCCCCCCCC1. The van der Waals surface area contributed by atoms with Crippen molar-refractivity contribution in [2.24, 2.45) is 11.8 Å². The monoisotopic (exact) mass is 557 g/mol. The Balaban J connectivity index is 0.00000131. The van der Waals surface area contributed by atoms with Crippen LogP contribution in [0, 0.1) is 11.8 Å². The summed E-state index contributed by atoms with van der Waals surface area (Å²) in [5.41, 5.74) is 3.75. The van der Waals surface area contributed by atoms with Crippen LogP contribution in [0.4, 0.5) is 0 Å². The smallest absolute Gasteiger partial charge is 0.333 e. The Bertz CT molecular complexity index is 642. The van der Waals surface area contributed by atoms with Crippen LogP contribution in [0.5, 0.6) is 0 Å². The van der Waals surface area contributed by atoms with Gasteiger partial charge in [0.05, 0.1) is 0 Å². The Kier molecular flexibility index (Phi) is 19.8. The predicted octanol–water partition coefficient (Wildman–Crippen LogP) is 12.6. The lowest BCUT2D eigenvalue weighted by Gasteiger charge is -2.31. The molecule has 3 aliphatic carbocycles. The van der Waals surface area contributed by atoms with Crippen LogP contribution in [0.25, 0.3) is 0 Å². The van der Waals surface area contributed by atoms with Crippen molar-refractivity contribution >= 4 is 5.97 Å². The van der Waals surface area contributed by atoms with E-state index in [2.05, 4.69) is 13.5 Å². The summed E-state index contributed by atoms with van der Waals surface area (Å²) < 4.78 is 6.35. The number of carbonyl (C=O) groups is 1. The van der Waals surface area contributed by atoms with Gasteiger partial charge in [0.15, 0.2) is 0 Å². The Morgan fingerprint density at radius 3 is 1.02 bits per heavy atom. The fourth-order valence-electron chi connectivity index (χ4n) is 7.43. The van der Waals surface area contributed by atoms with E-state index in [1.807, 2.05) is 13.8 Å². The van der Waals surface area contributed by atoms with E-state index >= 15 is 0 Å². The second-order valence-corrected chi connectivity index (χ2v) is 13.9. The maximum absolute atomic E-state index is 13.8. The minimum Gasteiger partial charge on any atom is -0.459 e.